The Kier molecular flexibility index (Phi) is 4.97. The number of rotatable bonds is 4. The third-order valence-corrected chi connectivity index (χ3v) is 5.41. The van der Waals surface area contributed by atoms with Gasteiger partial charge in [-0.25, -0.2) is 0 Å². The lowest BCUT2D eigenvalue weighted by Gasteiger charge is -2.30. The third kappa shape index (κ3) is 3.76. The molecule has 0 radical (unpaired) electrons. The van der Waals surface area contributed by atoms with Gasteiger partial charge < -0.3 is 4.74 Å². The summed E-state index contributed by atoms with van der Waals surface area (Å²) >= 11 is 3.38. The summed E-state index contributed by atoms with van der Waals surface area (Å²) in [6.45, 7) is 2.13. The molecule has 0 spiro atoms. The van der Waals surface area contributed by atoms with Crippen molar-refractivity contribution in [2.45, 2.75) is 6.54 Å². The number of ether oxygens (including phenoxy) is 1. The topological polar surface area (TPSA) is 49.9 Å². The van der Waals surface area contributed by atoms with Gasteiger partial charge in [0.05, 0.1) is 13.2 Å². The number of benzene rings is 1. The van der Waals surface area contributed by atoms with Crippen LogP contribution in [0.3, 0.4) is 0 Å². The number of hydrogen-bond acceptors (Lipinski definition) is 3. The minimum Gasteiger partial charge on any atom is -0.379 e. The number of morpholine rings is 1. The Balaban J connectivity index is 2.07. The molecule has 1 aromatic carbocycles. The summed E-state index contributed by atoms with van der Waals surface area (Å²) in [7, 11) is -1.80. The van der Waals surface area contributed by atoms with Crippen LogP contribution >= 0.6 is 15.9 Å². The monoisotopic (exact) mass is 348 g/mol. The zero-order valence-corrected chi connectivity index (χ0v) is 13.2. The van der Waals surface area contributed by atoms with E-state index in [2.05, 4.69) is 15.9 Å². The van der Waals surface area contributed by atoms with E-state index in [-0.39, 0.29) is 0 Å². The molecule has 5 nitrogen and oxygen atoms in total. The van der Waals surface area contributed by atoms with Gasteiger partial charge in [-0.15, -0.1) is 0 Å². The summed E-state index contributed by atoms with van der Waals surface area (Å²) in [4.78, 5) is 0. The lowest BCUT2D eigenvalue weighted by Crippen LogP contribution is -2.47. The molecule has 0 atom stereocenters. The van der Waals surface area contributed by atoms with Gasteiger partial charge in [-0.05, 0) is 17.7 Å². The molecule has 1 aromatic rings. The van der Waals surface area contributed by atoms with Crippen LogP contribution in [-0.4, -0.2) is 50.4 Å². The highest BCUT2D eigenvalue weighted by molar-refractivity contribution is 9.10. The normalized spacial score (nSPS) is 17.8. The first kappa shape index (κ1) is 14.9. The van der Waals surface area contributed by atoms with Crippen molar-refractivity contribution < 1.29 is 13.2 Å². The van der Waals surface area contributed by atoms with Crippen molar-refractivity contribution in [3.8, 4) is 0 Å². The van der Waals surface area contributed by atoms with E-state index in [9.17, 15) is 8.42 Å². The number of hydrogen-bond donors (Lipinski definition) is 0. The second-order valence-electron chi connectivity index (χ2n) is 4.41. The zero-order valence-electron chi connectivity index (χ0n) is 10.8. The standard InChI is InChI=1S/C12H17BrN2O3S/c1-14(10-11-3-2-4-12(13)9-11)19(16,17)15-5-7-18-8-6-15/h2-4,9H,5-8,10H2,1H3. The van der Waals surface area contributed by atoms with Crippen molar-refractivity contribution in [3.63, 3.8) is 0 Å². The first-order chi connectivity index (χ1) is 9.00. The second kappa shape index (κ2) is 6.32. The van der Waals surface area contributed by atoms with Crippen LogP contribution in [0.25, 0.3) is 0 Å². The first-order valence-corrected chi connectivity index (χ1v) is 8.23. The van der Waals surface area contributed by atoms with Gasteiger partial charge in [-0.1, -0.05) is 28.1 Å². The molecule has 19 heavy (non-hydrogen) atoms. The quantitative estimate of drug-likeness (QED) is 0.827. The highest BCUT2D eigenvalue weighted by Gasteiger charge is 2.28. The lowest BCUT2D eigenvalue weighted by atomic mass is 10.2. The highest BCUT2D eigenvalue weighted by Crippen LogP contribution is 2.16. The van der Waals surface area contributed by atoms with E-state index in [0.29, 0.717) is 32.8 Å². The van der Waals surface area contributed by atoms with E-state index in [1.807, 2.05) is 24.3 Å². The highest BCUT2D eigenvalue weighted by atomic mass is 79.9. The fourth-order valence-electron chi connectivity index (χ4n) is 1.95. The Labute approximate surface area is 122 Å². The molecule has 106 valence electrons. The van der Waals surface area contributed by atoms with Gasteiger partial charge in [-0.3, -0.25) is 0 Å². The van der Waals surface area contributed by atoms with Gasteiger partial charge in [0.2, 0.25) is 0 Å². The fraction of sp³-hybridized carbons (Fsp3) is 0.500. The maximum atomic E-state index is 12.4. The van der Waals surface area contributed by atoms with E-state index >= 15 is 0 Å². The molecular weight excluding hydrogens is 332 g/mol. The van der Waals surface area contributed by atoms with Crippen molar-refractivity contribution >= 4 is 26.1 Å². The van der Waals surface area contributed by atoms with Gasteiger partial charge in [0.1, 0.15) is 0 Å². The molecule has 0 unspecified atom stereocenters. The lowest BCUT2D eigenvalue weighted by molar-refractivity contribution is 0.0705. The van der Waals surface area contributed by atoms with E-state index in [4.69, 9.17) is 4.74 Å². The minimum atomic E-state index is -3.40. The molecule has 1 aliphatic rings. The minimum absolute atomic E-state index is 0.360. The molecule has 7 heteroatoms. The van der Waals surface area contributed by atoms with E-state index in [0.717, 1.165) is 10.0 Å². The molecule has 1 fully saturated rings. The van der Waals surface area contributed by atoms with Crippen LogP contribution in [-0.2, 0) is 21.5 Å². The van der Waals surface area contributed by atoms with Gasteiger partial charge >= 0.3 is 0 Å². The molecule has 0 aromatic heterocycles. The third-order valence-electron chi connectivity index (χ3n) is 2.98. The maximum absolute atomic E-state index is 12.4. The van der Waals surface area contributed by atoms with Crippen molar-refractivity contribution in [2.75, 3.05) is 33.4 Å². The van der Waals surface area contributed by atoms with Crippen molar-refractivity contribution in [1.82, 2.24) is 8.61 Å². The summed E-state index contributed by atoms with van der Waals surface area (Å²) in [5.41, 5.74) is 0.953. The van der Waals surface area contributed by atoms with Crippen LogP contribution < -0.4 is 0 Å². The molecule has 0 amide bonds. The number of halogens is 1. The predicted molar refractivity (Wildman–Crippen MR) is 76.9 cm³/mol. The van der Waals surface area contributed by atoms with E-state index in [1.54, 1.807) is 7.05 Å². The zero-order chi connectivity index (χ0) is 13.9. The molecule has 1 aliphatic heterocycles. The van der Waals surface area contributed by atoms with Gasteiger partial charge in [-0.2, -0.15) is 17.0 Å². The molecule has 0 bridgehead atoms. The Morgan fingerprint density at radius 3 is 2.68 bits per heavy atom. The summed E-state index contributed by atoms with van der Waals surface area (Å²) < 4.78 is 33.7. The maximum Gasteiger partial charge on any atom is 0.282 e. The Hall–Kier alpha value is -0.470. The predicted octanol–water partition coefficient (Wildman–Crippen LogP) is 1.46. The average molecular weight is 349 g/mol. The SMILES string of the molecule is CN(Cc1cccc(Br)c1)S(=O)(=O)N1CCOCC1. The molecule has 2 rings (SSSR count). The number of nitrogens with zero attached hydrogens (tertiary/aromatic N) is 2. The molecule has 0 N–H and O–H groups in total. The van der Waals surface area contributed by atoms with Crippen LogP contribution in [0.15, 0.2) is 28.7 Å². The second-order valence-corrected chi connectivity index (χ2v) is 7.36. The van der Waals surface area contributed by atoms with E-state index in [1.165, 1.54) is 8.61 Å². The van der Waals surface area contributed by atoms with E-state index < -0.39 is 10.2 Å². The van der Waals surface area contributed by atoms with Crippen LogP contribution in [0.1, 0.15) is 5.56 Å². The van der Waals surface area contributed by atoms with Crippen molar-refractivity contribution in [2.24, 2.45) is 0 Å². The largest absolute Gasteiger partial charge is 0.379 e. The van der Waals surface area contributed by atoms with Crippen LogP contribution in [0.4, 0.5) is 0 Å². The van der Waals surface area contributed by atoms with Crippen LogP contribution in [0.2, 0.25) is 0 Å². The Morgan fingerprint density at radius 1 is 1.37 bits per heavy atom. The molecule has 0 saturated carbocycles. The fourth-order valence-corrected chi connectivity index (χ4v) is 3.71. The molecule has 1 saturated heterocycles. The van der Waals surface area contributed by atoms with Gasteiger partial charge in [0.25, 0.3) is 10.2 Å². The van der Waals surface area contributed by atoms with Crippen molar-refractivity contribution in [1.29, 1.82) is 0 Å². The van der Waals surface area contributed by atoms with Crippen molar-refractivity contribution in [3.05, 3.63) is 34.3 Å². The Morgan fingerprint density at radius 2 is 2.05 bits per heavy atom. The Bertz CT molecular complexity index is 530. The smallest absolute Gasteiger partial charge is 0.282 e. The van der Waals surface area contributed by atoms with Crippen LogP contribution in [0, 0.1) is 0 Å². The van der Waals surface area contributed by atoms with Crippen LogP contribution in [0.5, 0.6) is 0 Å². The molecular formula is C12H17BrN2O3S. The summed E-state index contributed by atoms with van der Waals surface area (Å²) in [5, 5.41) is 0. The average Bonchev–Trinajstić information content (AvgIpc) is 2.39. The van der Waals surface area contributed by atoms with Gasteiger partial charge in [0, 0.05) is 31.2 Å². The first-order valence-electron chi connectivity index (χ1n) is 6.04. The molecule has 1 heterocycles. The molecule has 0 aliphatic carbocycles. The summed E-state index contributed by atoms with van der Waals surface area (Å²) in [5.74, 6) is 0. The summed E-state index contributed by atoms with van der Waals surface area (Å²) in [6.07, 6.45) is 0. The van der Waals surface area contributed by atoms with Gasteiger partial charge in [0.15, 0.2) is 0 Å². The summed E-state index contributed by atoms with van der Waals surface area (Å²) in [6, 6.07) is 7.65.